The third kappa shape index (κ3) is 2.67. The molecule has 1 unspecified atom stereocenters. The minimum atomic E-state index is -0.261. The fraction of sp³-hybridized carbons (Fsp3) is 0.214. The molecule has 0 aliphatic heterocycles. The Hall–Kier alpha value is -2.11. The monoisotopic (exact) mass is 258 g/mol. The Morgan fingerprint density at radius 2 is 2.00 bits per heavy atom. The van der Waals surface area contributed by atoms with Gasteiger partial charge in [-0.25, -0.2) is 10.4 Å². The number of hydrogen-bond acceptors (Lipinski definition) is 5. The molecule has 2 rings (SSSR count). The van der Waals surface area contributed by atoms with Crippen LogP contribution in [0, 0.1) is 6.92 Å². The number of pyridine rings is 1. The summed E-state index contributed by atoms with van der Waals surface area (Å²) in [5, 5.41) is 0. The van der Waals surface area contributed by atoms with Gasteiger partial charge in [0.05, 0.1) is 13.2 Å². The van der Waals surface area contributed by atoms with Crippen molar-refractivity contribution in [2.24, 2.45) is 5.84 Å². The number of hydrogen-bond donors (Lipinski definition) is 3. The van der Waals surface area contributed by atoms with Crippen LogP contribution in [0.15, 0.2) is 36.5 Å². The van der Waals surface area contributed by atoms with Gasteiger partial charge in [0.25, 0.3) is 0 Å². The Kier molecular flexibility index (Phi) is 3.99. The van der Waals surface area contributed by atoms with E-state index in [1.54, 1.807) is 13.3 Å². The van der Waals surface area contributed by atoms with Gasteiger partial charge in [0.1, 0.15) is 11.6 Å². The first-order valence-corrected chi connectivity index (χ1v) is 5.98. The first-order chi connectivity index (χ1) is 9.17. The van der Waals surface area contributed by atoms with E-state index < -0.39 is 0 Å². The van der Waals surface area contributed by atoms with Crippen molar-refractivity contribution < 1.29 is 4.74 Å². The molecule has 5 N–H and O–H groups in total. The molecule has 1 aromatic carbocycles. The Morgan fingerprint density at radius 3 is 2.68 bits per heavy atom. The minimum Gasteiger partial charge on any atom is -0.496 e. The highest BCUT2D eigenvalue weighted by Gasteiger charge is 2.19. The number of ether oxygens (including phenoxy) is 1. The Balaban J connectivity index is 2.53. The van der Waals surface area contributed by atoms with Crippen molar-refractivity contribution in [3.63, 3.8) is 0 Å². The third-order valence-electron chi connectivity index (χ3n) is 3.01. The van der Waals surface area contributed by atoms with Gasteiger partial charge in [0.2, 0.25) is 0 Å². The predicted molar refractivity (Wildman–Crippen MR) is 75.5 cm³/mol. The van der Waals surface area contributed by atoms with E-state index in [-0.39, 0.29) is 6.04 Å². The number of aromatic nitrogens is 1. The van der Waals surface area contributed by atoms with Gasteiger partial charge in [-0.1, -0.05) is 18.2 Å². The number of rotatable bonds is 4. The maximum absolute atomic E-state index is 5.95. The van der Waals surface area contributed by atoms with E-state index in [2.05, 4.69) is 10.4 Å². The maximum atomic E-state index is 5.95. The lowest BCUT2D eigenvalue weighted by molar-refractivity contribution is 0.404. The standard InChI is InChI=1S/C14H18N4O/c1-9-7-11(14(15)17-8-9)13(18-16)10-5-3-4-6-12(10)19-2/h3-8,13,18H,16H2,1-2H3,(H2,15,17). The van der Waals surface area contributed by atoms with Crippen molar-refractivity contribution in [3.05, 3.63) is 53.2 Å². The normalized spacial score (nSPS) is 12.2. The predicted octanol–water partition coefficient (Wildman–Crippen LogP) is 1.53. The first-order valence-electron chi connectivity index (χ1n) is 5.98. The largest absolute Gasteiger partial charge is 0.496 e. The van der Waals surface area contributed by atoms with Crippen LogP contribution < -0.4 is 21.7 Å². The topological polar surface area (TPSA) is 86.2 Å². The number of para-hydroxylation sites is 1. The van der Waals surface area contributed by atoms with Gasteiger partial charge in [-0.05, 0) is 24.6 Å². The van der Waals surface area contributed by atoms with Crippen molar-refractivity contribution in [2.75, 3.05) is 12.8 Å². The summed E-state index contributed by atoms with van der Waals surface area (Å²) in [6.07, 6.45) is 1.73. The van der Waals surface area contributed by atoms with Crippen LogP contribution in [0.3, 0.4) is 0 Å². The molecule has 2 aromatic rings. The van der Waals surface area contributed by atoms with Crippen molar-refractivity contribution in [1.82, 2.24) is 10.4 Å². The van der Waals surface area contributed by atoms with Crippen LogP contribution in [-0.2, 0) is 0 Å². The van der Waals surface area contributed by atoms with Gasteiger partial charge >= 0.3 is 0 Å². The Morgan fingerprint density at radius 1 is 1.26 bits per heavy atom. The summed E-state index contributed by atoms with van der Waals surface area (Å²) >= 11 is 0. The molecule has 1 heterocycles. The van der Waals surface area contributed by atoms with E-state index in [1.165, 1.54) is 0 Å². The molecule has 0 fully saturated rings. The molecular formula is C14H18N4O. The summed E-state index contributed by atoms with van der Waals surface area (Å²) in [5.41, 5.74) is 11.5. The lowest BCUT2D eigenvalue weighted by Crippen LogP contribution is -2.30. The maximum Gasteiger partial charge on any atom is 0.128 e. The fourth-order valence-corrected chi connectivity index (χ4v) is 2.09. The second-order valence-corrected chi connectivity index (χ2v) is 4.33. The first kappa shape index (κ1) is 13.3. The highest BCUT2D eigenvalue weighted by atomic mass is 16.5. The van der Waals surface area contributed by atoms with Crippen LogP contribution in [0.4, 0.5) is 5.82 Å². The van der Waals surface area contributed by atoms with E-state index in [9.17, 15) is 0 Å². The number of nitrogens with one attached hydrogen (secondary N) is 1. The van der Waals surface area contributed by atoms with Crippen molar-refractivity contribution in [3.8, 4) is 5.75 Å². The summed E-state index contributed by atoms with van der Waals surface area (Å²) in [6.45, 7) is 1.96. The summed E-state index contributed by atoms with van der Waals surface area (Å²) < 4.78 is 5.36. The number of nitrogen functional groups attached to an aromatic ring is 1. The number of benzene rings is 1. The van der Waals surface area contributed by atoms with Gasteiger partial charge in [-0.3, -0.25) is 5.84 Å². The minimum absolute atomic E-state index is 0.261. The molecule has 0 saturated heterocycles. The van der Waals surface area contributed by atoms with Crippen LogP contribution >= 0.6 is 0 Å². The van der Waals surface area contributed by atoms with Crippen LogP contribution in [0.5, 0.6) is 5.75 Å². The van der Waals surface area contributed by atoms with E-state index in [1.807, 2.05) is 37.3 Å². The lowest BCUT2D eigenvalue weighted by atomic mass is 9.98. The second-order valence-electron chi connectivity index (χ2n) is 4.33. The molecule has 0 spiro atoms. The molecule has 1 aromatic heterocycles. The molecule has 0 aliphatic rings. The summed E-state index contributed by atoms with van der Waals surface area (Å²) in [4.78, 5) is 4.17. The zero-order valence-electron chi connectivity index (χ0n) is 11.1. The van der Waals surface area contributed by atoms with E-state index >= 15 is 0 Å². The Labute approximate surface area is 112 Å². The summed E-state index contributed by atoms with van der Waals surface area (Å²) in [6, 6.07) is 9.39. The third-order valence-corrected chi connectivity index (χ3v) is 3.01. The van der Waals surface area contributed by atoms with Gasteiger partial charge < -0.3 is 10.5 Å². The summed E-state index contributed by atoms with van der Waals surface area (Å²) in [5.74, 6) is 6.90. The Bertz CT molecular complexity index is 571. The smallest absolute Gasteiger partial charge is 0.128 e. The van der Waals surface area contributed by atoms with Crippen molar-refractivity contribution in [1.29, 1.82) is 0 Å². The zero-order chi connectivity index (χ0) is 13.8. The molecule has 1 atom stereocenters. The number of hydrazine groups is 1. The number of nitrogens with two attached hydrogens (primary N) is 2. The van der Waals surface area contributed by atoms with E-state index in [0.717, 1.165) is 22.4 Å². The lowest BCUT2D eigenvalue weighted by Gasteiger charge is -2.20. The SMILES string of the molecule is COc1ccccc1C(NN)c1cc(C)cnc1N. The number of nitrogens with zero attached hydrogens (tertiary/aromatic N) is 1. The van der Waals surface area contributed by atoms with Crippen molar-refractivity contribution in [2.45, 2.75) is 13.0 Å². The molecule has 5 heteroatoms. The van der Waals surface area contributed by atoms with Crippen molar-refractivity contribution >= 4 is 5.82 Å². The molecule has 0 radical (unpaired) electrons. The van der Waals surface area contributed by atoms with Gasteiger partial charge in [0.15, 0.2) is 0 Å². The van der Waals surface area contributed by atoms with Gasteiger partial charge in [-0.2, -0.15) is 0 Å². The number of anilines is 1. The number of aryl methyl sites for hydroxylation is 1. The average molecular weight is 258 g/mol. The van der Waals surface area contributed by atoms with Crippen LogP contribution in [0.2, 0.25) is 0 Å². The molecular weight excluding hydrogens is 240 g/mol. The van der Waals surface area contributed by atoms with Gasteiger partial charge in [-0.15, -0.1) is 0 Å². The van der Waals surface area contributed by atoms with E-state index in [0.29, 0.717) is 5.82 Å². The summed E-state index contributed by atoms with van der Waals surface area (Å²) in [7, 11) is 1.63. The molecule has 100 valence electrons. The second kappa shape index (κ2) is 5.69. The van der Waals surface area contributed by atoms with Crippen LogP contribution in [-0.4, -0.2) is 12.1 Å². The number of methoxy groups -OCH3 is 1. The molecule has 0 saturated carbocycles. The average Bonchev–Trinajstić information content (AvgIpc) is 2.44. The van der Waals surface area contributed by atoms with Gasteiger partial charge in [0, 0.05) is 17.3 Å². The molecule has 19 heavy (non-hydrogen) atoms. The molecule has 0 bridgehead atoms. The highest BCUT2D eigenvalue weighted by Crippen LogP contribution is 2.31. The highest BCUT2D eigenvalue weighted by molar-refractivity contribution is 5.50. The molecule has 0 aliphatic carbocycles. The fourth-order valence-electron chi connectivity index (χ4n) is 2.09. The molecule has 0 amide bonds. The van der Waals surface area contributed by atoms with Crippen LogP contribution in [0.25, 0.3) is 0 Å². The van der Waals surface area contributed by atoms with Crippen LogP contribution in [0.1, 0.15) is 22.7 Å². The van der Waals surface area contributed by atoms with E-state index in [4.69, 9.17) is 16.3 Å². The molecule has 5 nitrogen and oxygen atoms in total. The zero-order valence-corrected chi connectivity index (χ0v) is 11.1. The quantitative estimate of drug-likeness (QED) is 0.572.